The number of benzene rings is 1. The third kappa shape index (κ3) is 5.23. The molecule has 4 rings (SSSR count). The number of hydrogen-bond acceptors (Lipinski definition) is 7. The molecular formula is C21H25ClN6S. The first-order valence-electron chi connectivity index (χ1n) is 9.88. The van der Waals surface area contributed by atoms with E-state index in [1.54, 1.807) is 18.0 Å². The predicted molar refractivity (Wildman–Crippen MR) is 122 cm³/mol. The van der Waals surface area contributed by atoms with Crippen LogP contribution in [-0.4, -0.2) is 41.0 Å². The van der Waals surface area contributed by atoms with Crippen LogP contribution in [0.15, 0.2) is 47.0 Å². The van der Waals surface area contributed by atoms with Gasteiger partial charge < -0.3 is 21.3 Å². The largest absolute Gasteiger partial charge is 0.395 e. The zero-order valence-corrected chi connectivity index (χ0v) is 17.8. The Morgan fingerprint density at radius 2 is 2.00 bits per heavy atom. The molecule has 0 aliphatic carbocycles. The number of nitrogens with one attached hydrogen (secondary N) is 2. The number of halogens is 1. The standard InChI is InChI=1S/C21H25ClN6S/c22-16-6-4-15(5-7-16)18-14-29-20(26-18)19(23)17-8-10-25-21(27-17)24-9-3-13-28-11-1-2-12-28/h4-8,10,14,26H,1-3,9,11-13,23H2,(H,24,25,27)/b20-19+. The second-order valence-electron chi connectivity index (χ2n) is 7.12. The van der Waals surface area contributed by atoms with Crippen molar-refractivity contribution >= 4 is 40.7 Å². The van der Waals surface area contributed by atoms with Crippen LogP contribution in [0.4, 0.5) is 5.95 Å². The maximum atomic E-state index is 6.39. The van der Waals surface area contributed by atoms with Gasteiger partial charge in [-0.15, -0.1) is 0 Å². The second-order valence-corrected chi connectivity index (χ2v) is 8.43. The van der Waals surface area contributed by atoms with Crippen molar-refractivity contribution in [1.82, 2.24) is 20.2 Å². The quantitative estimate of drug-likeness (QED) is 0.576. The molecular weight excluding hydrogens is 404 g/mol. The Balaban J connectivity index is 1.35. The molecule has 2 aromatic rings. The molecule has 3 heterocycles. The van der Waals surface area contributed by atoms with Crippen LogP contribution < -0.4 is 16.4 Å². The highest BCUT2D eigenvalue weighted by Crippen LogP contribution is 2.33. The van der Waals surface area contributed by atoms with Gasteiger partial charge in [0.05, 0.1) is 17.1 Å². The van der Waals surface area contributed by atoms with Crippen LogP contribution in [0.25, 0.3) is 11.4 Å². The average Bonchev–Trinajstić information content (AvgIpc) is 3.44. The lowest BCUT2D eigenvalue weighted by molar-refractivity contribution is 0.337. The maximum Gasteiger partial charge on any atom is 0.223 e. The summed E-state index contributed by atoms with van der Waals surface area (Å²) in [5.41, 5.74) is 9.77. The van der Waals surface area contributed by atoms with Crippen LogP contribution in [0, 0.1) is 0 Å². The molecule has 0 spiro atoms. The van der Waals surface area contributed by atoms with Gasteiger partial charge in [0.15, 0.2) is 0 Å². The first-order chi connectivity index (χ1) is 14.2. The Hall–Kier alpha value is -2.22. The van der Waals surface area contributed by atoms with E-state index < -0.39 is 0 Å². The molecule has 0 atom stereocenters. The molecule has 0 amide bonds. The van der Waals surface area contributed by atoms with Gasteiger partial charge in [-0.05, 0) is 62.7 Å². The summed E-state index contributed by atoms with van der Waals surface area (Å²) in [7, 11) is 0. The summed E-state index contributed by atoms with van der Waals surface area (Å²) >= 11 is 7.53. The zero-order chi connectivity index (χ0) is 20.1. The summed E-state index contributed by atoms with van der Waals surface area (Å²) in [6, 6.07) is 9.55. The van der Waals surface area contributed by atoms with Crippen LogP contribution in [0.1, 0.15) is 30.5 Å². The van der Waals surface area contributed by atoms with Crippen LogP contribution in [0.2, 0.25) is 5.02 Å². The molecule has 1 aromatic heterocycles. The fraction of sp³-hybridized carbons (Fsp3) is 0.333. The number of likely N-dealkylation sites (tertiary alicyclic amines) is 1. The van der Waals surface area contributed by atoms with Gasteiger partial charge in [0, 0.05) is 23.2 Å². The molecule has 0 unspecified atom stereocenters. The van der Waals surface area contributed by atoms with Crippen molar-refractivity contribution < 1.29 is 0 Å². The van der Waals surface area contributed by atoms with Crippen molar-refractivity contribution in [3.05, 3.63) is 63.2 Å². The fourth-order valence-corrected chi connectivity index (χ4v) is 4.38. The highest BCUT2D eigenvalue weighted by molar-refractivity contribution is 8.06. The Morgan fingerprint density at radius 1 is 1.21 bits per heavy atom. The summed E-state index contributed by atoms with van der Waals surface area (Å²) < 4.78 is 0. The van der Waals surface area contributed by atoms with Gasteiger partial charge in [0.25, 0.3) is 0 Å². The molecule has 0 saturated carbocycles. The van der Waals surface area contributed by atoms with Crippen molar-refractivity contribution in [3.63, 3.8) is 0 Å². The topological polar surface area (TPSA) is 79.1 Å². The summed E-state index contributed by atoms with van der Waals surface area (Å²) in [6.07, 6.45) is 5.47. The van der Waals surface area contributed by atoms with Gasteiger partial charge in [-0.3, -0.25) is 0 Å². The van der Waals surface area contributed by atoms with Crippen molar-refractivity contribution in [3.8, 4) is 0 Å². The van der Waals surface area contributed by atoms with Gasteiger partial charge in [-0.1, -0.05) is 35.5 Å². The number of hydrogen-bond donors (Lipinski definition) is 3. The van der Waals surface area contributed by atoms with Crippen LogP contribution in [-0.2, 0) is 0 Å². The molecule has 4 N–H and O–H groups in total. The molecule has 1 aromatic carbocycles. The number of nitrogens with zero attached hydrogens (tertiary/aromatic N) is 3. The molecule has 152 valence electrons. The molecule has 2 aliphatic heterocycles. The van der Waals surface area contributed by atoms with E-state index in [0.717, 1.165) is 40.8 Å². The van der Waals surface area contributed by atoms with E-state index in [1.165, 1.54) is 25.9 Å². The number of nitrogens with two attached hydrogens (primary N) is 1. The molecule has 0 radical (unpaired) electrons. The SMILES string of the molecule is N/C(=C1\NC(c2ccc(Cl)cc2)=CS1)c1ccnc(NCCCN2CCCC2)n1. The van der Waals surface area contributed by atoms with Gasteiger partial charge >= 0.3 is 0 Å². The molecule has 6 nitrogen and oxygen atoms in total. The average molecular weight is 429 g/mol. The van der Waals surface area contributed by atoms with E-state index in [0.29, 0.717) is 17.3 Å². The molecule has 8 heteroatoms. The van der Waals surface area contributed by atoms with Crippen LogP contribution >= 0.6 is 23.4 Å². The maximum absolute atomic E-state index is 6.39. The van der Waals surface area contributed by atoms with Crippen molar-refractivity contribution in [2.75, 3.05) is 31.5 Å². The van der Waals surface area contributed by atoms with Gasteiger partial charge in [0.1, 0.15) is 5.03 Å². The van der Waals surface area contributed by atoms with Crippen molar-refractivity contribution in [2.45, 2.75) is 19.3 Å². The number of rotatable bonds is 7. The third-order valence-electron chi connectivity index (χ3n) is 5.01. The molecule has 1 saturated heterocycles. The minimum Gasteiger partial charge on any atom is -0.395 e. The van der Waals surface area contributed by atoms with E-state index in [-0.39, 0.29) is 0 Å². The highest BCUT2D eigenvalue weighted by atomic mass is 35.5. The normalized spacial score (nSPS) is 18.4. The van der Waals surface area contributed by atoms with E-state index in [1.807, 2.05) is 35.7 Å². The lowest BCUT2D eigenvalue weighted by Crippen LogP contribution is -2.22. The van der Waals surface area contributed by atoms with E-state index >= 15 is 0 Å². The number of anilines is 1. The van der Waals surface area contributed by atoms with Crippen molar-refractivity contribution in [1.29, 1.82) is 0 Å². The number of aromatic nitrogens is 2. The molecule has 2 aliphatic rings. The molecule has 29 heavy (non-hydrogen) atoms. The zero-order valence-electron chi connectivity index (χ0n) is 16.2. The van der Waals surface area contributed by atoms with Crippen molar-refractivity contribution in [2.24, 2.45) is 5.73 Å². The highest BCUT2D eigenvalue weighted by Gasteiger charge is 2.17. The Morgan fingerprint density at radius 3 is 2.79 bits per heavy atom. The lowest BCUT2D eigenvalue weighted by atomic mass is 10.2. The second kappa shape index (κ2) is 9.52. The summed E-state index contributed by atoms with van der Waals surface area (Å²) in [6.45, 7) is 4.43. The predicted octanol–water partition coefficient (Wildman–Crippen LogP) is 3.95. The van der Waals surface area contributed by atoms with Gasteiger partial charge in [-0.2, -0.15) is 0 Å². The molecule has 1 fully saturated rings. The smallest absolute Gasteiger partial charge is 0.223 e. The van der Waals surface area contributed by atoms with Crippen LogP contribution in [0.3, 0.4) is 0 Å². The van der Waals surface area contributed by atoms with Gasteiger partial charge in [-0.25, -0.2) is 9.97 Å². The minimum absolute atomic E-state index is 0.609. The lowest BCUT2D eigenvalue weighted by Gasteiger charge is -2.14. The first-order valence-corrected chi connectivity index (χ1v) is 11.1. The van der Waals surface area contributed by atoms with E-state index in [2.05, 4.69) is 25.5 Å². The Labute approximate surface area is 180 Å². The summed E-state index contributed by atoms with van der Waals surface area (Å²) in [5, 5.41) is 10.3. The molecule has 0 bridgehead atoms. The fourth-order valence-electron chi connectivity index (χ4n) is 3.42. The van der Waals surface area contributed by atoms with E-state index in [9.17, 15) is 0 Å². The van der Waals surface area contributed by atoms with E-state index in [4.69, 9.17) is 17.3 Å². The summed E-state index contributed by atoms with van der Waals surface area (Å²) in [5.74, 6) is 0.612. The monoisotopic (exact) mass is 428 g/mol. The number of thioether (sulfide) groups is 1. The first kappa shape index (κ1) is 20.1. The van der Waals surface area contributed by atoms with Crippen LogP contribution in [0.5, 0.6) is 0 Å². The van der Waals surface area contributed by atoms with Gasteiger partial charge in [0.2, 0.25) is 5.95 Å². The third-order valence-corrected chi connectivity index (χ3v) is 6.17. The minimum atomic E-state index is 0.609. The summed E-state index contributed by atoms with van der Waals surface area (Å²) in [4.78, 5) is 11.4. The Kier molecular flexibility index (Phi) is 6.59. The Bertz CT molecular complexity index is 906.